The summed E-state index contributed by atoms with van der Waals surface area (Å²) in [6, 6.07) is 15.0. The number of aryl methyl sites for hydroxylation is 1. The number of thiophene rings is 1. The first kappa shape index (κ1) is 16.4. The summed E-state index contributed by atoms with van der Waals surface area (Å²) >= 11 is 1.58. The molecule has 0 spiro atoms. The van der Waals surface area contributed by atoms with Gasteiger partial charge < -0.3 is 15.2 Å². The maximum atomic E-state index is 10.1. The van der Waals surface area contributed by atoms with E-state index in [-0.39, 0.29) is 5.75 Å². The summed E-state index contributed by atoms with van der Waals surface area (Å²) in [6.45, 7) is 1.86. The van der Waals surface area contributed by atoms with Gasteiger partial charge in [0.15, 0.2) is 0 Å². The predicted octanol–water partition coefficient (Wildman–Crippen LogP) is 5.12. The molecule has 6 heteroatoms. The molecule has 0 unspecified atom stereocenters. The van der Waals surface area contributed by atoms with Crippen LogP contribution < -0.4 is 10.1 Å². The standard InChI is InChI=1S/C20H17N3O2S/c1-12-21-19(23-16-5-3-4-6-17(16)24)18-15(11-26-20(18)22-12)13-7-9-14(25-2)10-8-13/h3-11,24H,1-2H3,(H,21,22,23). The molecule has 0 amide bonds. The molecular weight excluding hydrogens is 346 g/mol. The number of methoxy groups -OCH3 is 1. The molecule has 4 rings (SSSR count). The van der Waals surface area contributed by atoms with Crippen molar-refractivity contribution in [3.8, 4) is 22.6 Å². The van der Waals surface area contributed by atoms with E-state index < -0.39 is 0 Å². The lowest BCUT2D eigenvalue weighted by molar-refractivity contribution is 0.415. The van der Waals surface area contributed by atoms with E-state index in [1.54, 1.807) is 30.6 Å². The van der Waals surface area contributed by atoms with Crippen LogP contribution in [0.5, 0.6) is 11.5 Å². The Morgan fingerprint density at radius 3 is 2.54 bits per heavy atom. The third kappa shape index (κ3) is 2.95. The van der Waals surface area contributed by atoms with E-state index in [1.165, 1.54) is 0 Å². The van der Waals surface area contributed by atoms with Gasteiger partial charge in [0.05, 0.1) is 18.2 Å². The highest BCUT2D eigenvalue weighted by molar-refractivity contribution is 7.17. The lowest BCUT2D eigenvalue weighted by Gasteiger charge is -2.11. The first-order chi connectivity index (χ1) is 12.7. The van der Waals surface area contributed by atoms with E-state index in [0.29, 0.717) is 17.3 Å². The zero-order valence-corrected chi connectivity index (χ0v) is 15.2. The van der Waals surface area contributed by atoms with Gasteiger partial charge in [-0.05, 0) is 36.8 Å². The maximum Gasteiger partial charge on any atom is 0.143 e. The van der Waals surface area contributed by atoms with Gasteiger partial charge in [0.25, 0.3) is 0 Å². The Balaban J connectivity index is 1.86. The minimum Gasteiger partial charge on any atom is -0.506 e. The summed E-state index contributed by atoms with van der Waals surface area (Å²) in [5, 5.41) is 16.4. The minimum absolute atomic E-state index is 0.179. The van der Waals surface area contributed by atoms with Crippen molar-refractivity contribution in [2.75, 3.05) is 12.4 Å². The Bertz CT molecular complexity index is 1070. The third-order valence-electron chi connectivity index (χ3n) is 4.10. The normalized spacial score (nSPS) is 10.8. The number of nitrogens with zero attached hydrogens (tertiary/aromatic N) is 2. The molecule has 2 aromatic heterocycles. The molecule has 0 bridgehead atoms. The van der Waals surface area contributed by atoms with Crippen molar-refractivity contribution >= 4 is 33.1 Å². The Morgan fingerprint density at radius 1 is 1.04 bits per heavy atom. The average Bonchev–Trinajstić information content (AvgIpc) is 3.07. The summed E-state index contributed by atoms with van der Waals surface area (Å²) < 4.78 is 5.24. The Hall–Kier alpha value is -3.12. The Morgan fingerprint density at radius 2 is 1.81 bits per heavy atom. The fourth-order valence-electron chi connectivity index (χ4n) is 2.83. The molecule has 4 aromatic rings. The van der Waals surface area contributed by atoms with Gasteiger partial charge in [-0.2, -0.15) is 0 Å². The molecule has 0 saturated carbocycles. The number of aromatic nitrogens is 2. The van der Waals surface area contributed by atoms with Gasteiger partial charge in [0.2, 0.25) is 0 Å². The van der Waals surface area contributed by atoms with E-state index in [4.69, 9.17) is 4.74 Å². The van der Waals surface area contributed by atoms with Crippen LogP contribution in [-0.4, -0.2) is 22.2 Å². The van der Waals surface area contributed by atoms with Crippen molar-refractivity contribution in [2.24, 2.45) is 0 Å². The van der Waals surface area contributed by atoms with Crippen molar-refractivity contribution in [2.45, 2.75) is 6.92 Å². The summed E-state index contributed by atoms with van der Waals surface area (Å²) in [6.07, 6.45) is 0. The second kappa shape index (κ2) is 6.65. The number of aromatic hydroxyl groups is 1. The van der Waals surface area contributed by atoms with E-state index in [1.807, 2.05) is 43.3 Å². The fraction of sp³-hybridized carbons (Fsp3) is 0.100. The molecule has 2 N–H and O–H groups in total. The highest BCUT2D eigenvalue weighted by Gasteiger charge is 2.15. The van der Waals surface area contributed by atoms with Gasteiger partial charge in [-0.1, -0.05) is 24.3 Å². The molecule has 2 heterocycles. The molecule has 130 valence electrons. The number of benzene rings is 2. The van der Waals surface area contributed by atoms with Crippen LogP contribution in [0.2, 0.25) is 0 Å². The van der Waals surface area contributed by atoms with Gasteiger partial charge in [-0.3, -0.25) is 0 Å². The molecule has 0 aliphatic rings. The van der Waals surface area contributed by atoms with Crippen LogP contribution in [0.15, 0.2) is 53.9 Å². The van der Waals surface area contributed by atoms with E-state index in [0.717, 1.165) is 27.1 Å². The third-order valence-corrected chi connectivity index (χ3v) is 4.98. The number of para-hydroxylation sites is 2. The largest absolute Gasteiger partial charge is 0.506 e. The van der Waals surface area contributed by atoms with Gasteiger partial charge in [0, 0.05) is 10.9 Å². The summed E-state index contributed by atoms with van der Waals surface area (Å²) in [5.74, 6) is 2.35. The number of hydrogen-bond acceptors (Lipinski definition) is 6. The first-order valence-electron chi connectivity index (χ1n) is 8.11. The van der Waals surface area contributed by atoms with E-state index >= 15 is 0 Å². The highest BCUT2D eigenvalue weighted by Crippen LogP contribution is 2.39. The van der Waals surface area contributed by atoms with Crippen molar-refractivity contribution in [3.05, 3.63) is 59.7 Å². The van der Waals surface area contributed by atoms with Crippen LogP contribution in [0.4, 0.5) is 11.5 Å². The van der Waals surface area contributed by atoms with E-state index in [9.17, 15) is 5.11 Å². The van der Waals surface area contributed by atoms with E-state index in [2.05, 4.69) is 20.7 Å². The molecule has 26 heavy (non-hydrogen) atoms. The topological polar surface area (TPSA) is 67.3 Å². The molecule has 0 atom stereocenters. The number of anilines is 2. The van der Waals surface area contributed by atoms with Crippen LogP contribution in [0.3, 0.4) is 0 Å². The molecule has 5 nitrogen and oxygen atoms in total. The number of nitrogens with one attached hydrogen (secondary N) is 1. The molecule has 2 aromatic carbocycles. The number of phenolic OH excluding ortho intramolecular Hbond substituents is 1. The molecule has 0 aliphatic carbocycles. The SMILES string of the molecule is COc1ccc(-c2csc3nc(C)nc(Nc4ccccc4O)c23)cc1. The second-order valence-corrected chi connectivity index (χ2v) is 6.68. The lowest BCUT2D eigenvalue weighted by Crippen LogP contribution is -1.98. The first-order valence-corrected chi connectivity index (χ1v) is 8.99. The smallest absolute Gasteiger partial charge is 0.143 e. The van der Waals surface area contributed by atoms with Crippen LogP contribution >= 0.6 is 11.3 Å². The molecule has 0 saturated heterocycles. The van der Waals surface area contributed by atoms with Crippen LogP contribution in [0.25, 0.3) is 21.3 Å². The monoisotopic (exact) mass is 363 g/mol. The summed E-state index contributed by atoms with van der Waals surface area (Å²) in [4.78, 5) is 10.0. The zero-order chi connectivity index (χ0) is 18.1. The van der Waals surface area contributed by atoms with Crippen LogP contribution in [0, 0.1) is 6.92 Å². The van der Waals surface area contributed by atoms with Crippen molar-refractivity contribution in [3.63, 3.8) is 0 Å². The van der Waals surface area contributed by atoms with Gasteiger partial charge in [-0.15, -0.1) is 11.3 Å². The van der Waals surface area contributed by atoms with Crippen molar-refractivity contribution in [1.29, 1.82) is 0 Å². The van der Waals surface area contributed by atoms with Gasteiger partial charge in [-0.25, -0.2) is 9.97 Å². The van der Waals surface area contributed by atoms with Gasteiger partial charge >= 0.3 is 0 Å². The lowest BCUT2D eigenvalue weighted by atomic mass is 10.1. The van der Waals surface area contributed by atoms with Crippen LogP contribution in [-0.2, 0) is 0 Å². The zero-order valence-electron chi connectivity index (χ0n) is 14.4. The Kier molecular flexibility index (Phi) is 4.18. The number of rotatable bonds is 4. The van der Waals surface area contributed by atoms with Crippen molar-refractivity contribution < 1.29 is 9.84 Å². The minimum atomic E-state index is 0.179. The van der Waals surface area contributed by atoms with Crippen LogP contribution in [0.1, 0.15) is 5.82 Å². The second-order valence-electron chi connectivity index (χ2n) is 5.82. The molecule has 0 aliphatic heterocycles. The number of hydrogen-bond donors (Lipinski definition) is 2. The maximum absolute atomic E-state index is 10.1. The van der Waals surface area contributed by atoms with Gasteiger partial charge in [0.1, 0.15) is 28.0 Å². The molecule has 0 radical (unpaired) electrons. The fourth-order valence-corrected chi connectivity index (χ4v) is 3.82. The average molecular weight is 363 g/mol. The molecular formula is C20H17N3O2S. The van der Waals surface area contributed by atoms with Crippen molar-refractivity contribution in [1.82, 2.24) is 9.97 Å². The molecule has 0 fully saturated rings. The predicted molar refractivity (Wildman–Crippen MR) is 106 cm³/mol. The highest BCUT2D eigenvalue weighted by atomic mass is 32.1. The quantitative estimate of drug-likeness (QED) is 0.492. The number of phenols is 1. The summed E-state index contributed by atoms with van der Waals surface area (Å²) in [7, 11) is 1.65. The summed E-state index contributed by atoms with van der Waals surface area (Å²) in [5.41, 5.74) is 2.72. The number of ether oxygens (including phenoxy) is 1. The number of fused-ring (bicyclic) bond motifs is 1. The Labute approximate surface area is 154 Å².